The fourth-order valence-corrected chi connectivity index (χ4v) is 2.87. The van der Waals surface area contributed by atoms with Crippen molar-refractivity contribution in [2.24, 2.45) is 0 Å². The van der Waals surface area contributed by atoms with E-state index in [1.54, 1.807) is 7.11 Å². The van der Waals surface area contributed by atoms with Crippen LogP contribution in [0.3, 0.4) is 0 Å². The van der Waals surface area contributed by atoms with E-state index in [4.69, 9.17) is 4.74 Å². The zero-order chi connectivity index (χ0) is 15.4. The lowest BCUT2D eigenvalue weighted by Gasteiger charge is -2.22. The summed E-state index contributed by atoms with van der Waals surface area (Å²) in [4.78, 5) is 11.3. The first-order chi connectivity index (χ1) is 10.8. The lowest BCUT2D eigenvalue weighted by atomic mass is 10.1. The van der Waals surface area contributed by atoms with Crippen LogP contribution < -0.4 is 10.2 Å². The van der Waals surface area contributed by atoms with E-state index in [0.29, 0.717) is 6.04 Å². The molecule has 2 aromatic rings. The van der Waals surface area contributed by atoms with Gasteiger partial charge in [0.1, 0.15) is 5.82 Å². The van der Waals surface area contributed by atoms with Gasteiger partial charge in [-0.25, -0.2) is 4.98 Å². The third-order valence-corrected chi connectivity index (χ3v) is 3.90. The number of benzene rings is 1. The molecule has 1 aromatic carbocycles. The van der Waals surface area contributed by atoms with Crippen LogP contribution in [0.2, 0.25) is 0 Å². The molecular formula is C17H22N4O. The molecule has 5 nitrogen and oxygen atoms in total. The fourth-order valence-electron chi connectivity index (χ4n) is 2.87. The number of rotatable bonds is 6. The summed E-state index contributed by atoms with van der Waals surface area (Å²) in [5.41, 5.74) is 2.57. The molecule has 3 rings (SSSR count). The van der Waals surface area contributed by atoms with Gasteiger partial charge >= 0.3 is 0 Å². The molecule has 1 atom stereocenters. The molecule has 1 aliphatic rings. The standard InChI is InChI=1S/C17H22N4O/c1-13-12-14-6-3-4-7-15(14)21(13)17-19-10-8-16(20-17)18-9-5-11-22-2/h3-4,6-8,10,13H,5,9,11-12H2,1-2H3,(H,18,19,20). The number of fused-ring (bicyclic) bond motifs is 1. The highest BCUT2D eigenvalue weighted by molar-refractivity contribution is 5.67. The minimum Gasteiger partial charge on any atom is -0.385 e. The molecule has 1 N–H and O–H groups in total. The van der Waals surface area contributed by atoms with E-state index in [0.717, 1.165) is 37.8 Å². The average molecular weight is 298 g/mol. The van der Waals surface area contributed by atoms with Gasteiger partial charge in [-0.2, -0.15) is 4.98 Å². The lowest BCUT2D eigenvalue weighted by Crippen LogP contribution is -2.26. The van der Waals surface area contributed by atoms with E-state index in [9.17, 15) is 0 Å². The summed E-state index contributed by atoms with van der Waals surface area (Å²) in [6, 6.07) is 10.8. The number of nitrogens with zero attached hydrogens (tertiary/aromatic N) is 3. The van der Waals surface area contributed by atoms with E-state index in [2.05, 4.69) is 51.4 Å². The molecule has 2 heterocycles. The van der Waals surface area contributed by atoms with Crippen molar-refractivity contribution >= 4 is 17.5 Å². The predicted octanol–water partition coefficient (Wildman–Crippen LogP) is 3.01. The minimum atomic E-state index is 0.376. The molecule has 0 saturated carbocycles. The zero-order valence-corrected chi connectivity index (χ0v) is 13.1. The van der Waals surface area contributed by atoms with E-state index in [-0.39, 0.29) is 0 Å². The summed E-state index contributed by atoms with van der Waals surface area (Å²) in [5, 5.41) is 3.32. The molecule has 0 radical (unpaired) electrons. The van der Waals surface area contributed by atoms with Crippen molar-refractivity contribution in [2.45, 2.75) is 25.8 Å². The Hall–Kier alpha value is -2.14. The largest absolute Gasteiger partial charge is 0.385 e. The van der Waals surface area contributed by atoms with Crippen LogP contribution in [0.15, 0.2) is 36.5 Å². The maximum atomic E-state index is 5.06. The normalized spacial score (nSPS) is 16.6. The number of hydrogen-bond donors (Lipinski definition) is 1. The summed E-state index contributed by atoms with van der Waals surface area (Å²) in [6.07, 6.45) is 3.80. The summed E-state index contributed by atoms with van der Waals surface area (Å²) in [7, 11) is 1.72. The molecule has 1 aromatic heterocycles. The van der Waals surface area contributed by atoms with Crippen LogP contribution in [0.5, 0.6) is 0 Å². The lowest BCUT2D eigenvalue weighted by molar-refractivity contribution is 0.198. The summed E-state index contributed by atoms with van der Waals surface area (Å²) < 4.78 is 5.06. The second-order valence-corrected chi connectivity index (χ2v) is 5.57. The van der Waals surface area contributed by atoms with Crippen LogP contribution in [-0.2, 0) is 11.2 Å². The number of hydrogen-bond acceptors (Lipinski definition) is 5. The van der Waals surface area contributed by atoms with E-state index in [1.807, 2.05) is 12.3 Å². The second-order valence-electron chi connectivity index (χ2n) is 5.57. The van der Waals surface area contributed by atoms with Crippen molar-refractivity contribution in [1.29, 1.82) is 0 Å². The molecule has 0 spiro atoms. The van der Waals surface area contributed by atoms with Gasteiger partial charge in [-0.1, -0.05) is 18.2 Å². The monoisotopic (exact) mass is 298 g/mol. The van der Waals surface area contributed by atoms with Crippen LogP contribution >= 0.6 is 0 Å². The smallest absolute Gasteiger partial charge is 0.232 e. The third-order valence-electron chi connectivity index (χ3n) is 3.90. The highest BCUT2D eigenvalue weighted by Crippen LogP contribution is 2.36. The molecule has 0 aliphatic carbocycles. The van der Waals surface area contributed by atoms with Crippen LogP contribution in [0.1, 0.15) is 18.9 Å². The van der Waals surface area contributed by atoms with Crippen molar-refractivity contribution in [1.82, 2.24) is 9.97 Å². The topological polar surface area (TPSA) is 50.3 Å². The molecule has 0 bridgehead atoms. The quantitative estimate of drug-likeness (QED) is 0.831. The number of para-hydroxylation sites is 1. The van der Waals surface area contributed by atoms with Gasteiger partial charge in [0.25, 0.3) is 0 Å². The Kier molecular flexibility index (Phi) is 4.53. The highest BCUT2D eigenvalue weighted by Gasteiger charge is 2.28. The van der Waals surface area contributed by atoms with Gasteiger partial charge in [0.15, 0.2) is 0 Å². The first kappa shape index (κ1) is 14.8. The predicted molar refractivity (Wildman–Crippen MR) is 88.8 cm³/mol. The van der Waals surface area contributed by atoms with Crippen molar-refractivity contribution in [3.8, 4) is 0 Å². The van der Waals surface area contributed by atoms with Gasteiger partial charge in [0.2, 0.25) is 5.95 Å². The van der Waals surface area contributed by atoms with Crippen LogP contribution in [0, 0.1) is 0 Å². The molecule has 22 heavy (non-hydrogen) atoms. The van der Waals surface area contributed by atoms with Crippen LogP contribution in [0.4, 0.5) is 17.5 Å². The number of anilines is 3. The molecule has 1 aliphatic heterocycles. The van der Waals surface area contributed by atoms with E-state index in [1.165, 1.54) is 11.3 Å². The molecular weight excluding hydrogens is 276 g/mol. The molecule has 1 unspecified atom stereocenters. The Labute approximate surface area is 131 Å². The number of methoxy groups -OCH3 is 1. The fraction of sp³-hybridized carbons (Fsp3) is 0.412. The number of nitrogens with one attached hydrogen (secondary N) is 1. The van der Waals surface area contributed by atoms with Crippen molar-refractivity contribution in [2.75, 3.05) is 30.5 Å². The van der Waals surface area contributed by atoms with Crippen LogP contribution in [0.25, 0.3) is 0 Å². The van der Waals surface area contributed by atoms with Crippen molar-refractivity contribution in [3.63, 3.8) is 0 Å². The highest BCUT2D eigenvalue weighted by atomic mass is 16.5. The van der Waals surface area contributed by atoms with Gasteiger partial charge in [-0.05, 0) is 37.5 Å². The molecule has 0 amide bonds. The van der Waals surface area contributed by atoms with Gasteiger partial charge < -0.3 is 15.0 Å². The number of aromatic nitrogens is 2. The zero-order valence-electron chi connectivity index (χ0n) is 13.1. The SMILES string of the molecule is COCCCNc1ccnc(N2c3ccccc3CC2C)n1. The van der Waals surface area contributed by atoms with E-state index >= 15 is 0 Å². The summed E-state index contributed by atoms with van der Waals surface area (Å²) in [6.45, 7) is 3.81. The van der Waals surface area contributed by atoms with Gasteiger partial charge in [-0.3, -0.25) is 0 Å². The number of ether oxygens (including phenoxy) is 1. The minimum absolute atomic E-state index is 0.376. The summed E-state index contributed by atoms with van der Waals surface area (Å²) >= 11 is 0. The Morgan fingerprint density at radius 3 is 3.05 bits per heavy atom. The first-order valence-electron chi connectivity index (χ1n) is 7.72. The van der Waals surface area contributed by atoms with Crippen LogP contribution in [-0.4, -0.2) is 36.3 Å². The second kappa shape index (κ2) is 6.75. The maximum absolute atomic E-state index is 5.06. The van der Waals surface area contributed by atoms with Gasteiger partial charge in [0, 0.05) is 38.2 Å². The Morgan fingerprint density at radius 1 is 1.32 bits per heavy atom. The summed E-state index contributed by atoms with van der Waals surface area (Å²) in [5.74, 6) is 1.62. The van der Waals surface area contributed by atoms with Gasteiger partial charge in [-0.15, -0.1) is 0 Å². The third kappa shape index (κ3) is 3.04. The molecule has 5 heteroatoms. The Balaban J connectivity index is 1.77. The van der Waals surface area contributed by atoms with E-state index < -0.39 is 0 Å². The molecule has 0 fully saturated rings. The Bertz CT molecular complexity index is 632. The Morgan fingerprint density at radius 2 is 2.18 bits per heavy atom. The maximum Gasteiger partial charge on any atom is 0.232 e. The average Bonchev–Trinajstić information content (AvgIpc) is 2.87. The molecule has 116 valence electrons. The first-order valence-corrected chi connectivity index (χ1v) is 7.72. The van der Waals surface area contributed by atoms with Crippen molar-refractivity contribution in [3.05, 3.63) is 42.1 Å². The van der Waals surface area contributed by atoms with Crippen molar-refractivity contribution < 1.29 is 4.74 Å². The molecule has 0 saturated heterocycles. The van der Waals surface area contributed by atoms with Gasteiger partial charge in [0.05, 0.1) is 0 Å².